The Labute approximate surface area is 146 Å². The van der Waals surface area contributed by atoms with Gasteiger partial charge in [0, 0.05) is 17.3 Å². The Morgan fingerprint density at radius 1 is 0.960 bits per heavy atom. The molecule has 0 heterocycles. The van der Waals surface area contributed by atoms with E-state index < -0.39 is 17.8 Å². The highest BCUT2D eigenvalue weighted by Crippen LogP contribution is 2.48. The Kier molecular flexibility index (Phi) is 4.61. The highest BCUT2D eigenvalue weighted by Gasteiger charge is 2.51. The number of nitrogens with one attached hydrogen (secondary N) is 2. The molecule has 6 nitrogen and oxygen atoms in total. The number of anilines is 2. The van der Waals surface area contributed by atoms with Gasteiger partial charge >= 0.3 is 5.97 Å². The minimum atomic E-state index is -0.913. The fourth-order valence-corrected chi connectivity index (χ4v) is 3.67. The van der Waals surface area contributed by atoms with Gasteiger partial charge in [0.05, 0.1) is 11.8 Å². The summed E-state index contributed by atoms with van der Waals surface area (Å²) in [4.78, 5) is 35.8. The maximum absolute atomic E-state index is 12.6. The molecule has 3 rings (SSSR count). The number of carbonyl (C=O) groups excluding carboxylic acids is 2. The Balaban J connectivity index is 1.66. The first kappa shape index (κ1) is 17.2. The molecule has 1 fully saturated rings. The van der Waals surface area contributed by atoms with Crippen molar-refractivity contribution >= 4 is 29.2 Å². The van der Waals surface area contributed by atoms with Gasteiger partial charge < -0.3 is 15.7 Å². The van der Waals surface area contributed by atoms with Crippen LogP contribution in [0.1, 0.15) is 20.3 Å². The van der Waals surface area contributed by atoms with Gasteiger partial charge in [0.1, 0.15) is 0 Å². The van der Waals surface area contributed by atoms with Crippen LogP contribution in [0.15, 0.2) is 36.4 Å². The number of aliphatic carboxylic acids is 1. The Morgan fingerprint density at radius 3 is 2.00 bits per heavy atom. The lowest BCUT2D eigenvalue weighted by molar-refractivity contribution is -0.146. The van der Waals surface area contributed by atoms with E-state index in [0.717, 1.165) is 6.42 Å². The predicted molar refractivity (Wildman–Crippen MR) is 93.9 cm³/mol. The van der Waals surface area contributed by atoms with Crippen LogP contribution in [0.3, 0.4) is 0 Å². The maximum atomic E-state index is 12.6. The molecule has 1 aromatic rings. The lowest BCUT2D eigenvalue weighted by atomic mass is 9.82. The van der Waals surface area contributed by atoms with E-state index in [4.69, 9.17) is 0 Å². The van der Waals surface area contributed by atoms with Crippen LogP contribution in [0.25, 0.3) is 0 Å². The fourth-order valence-electron chi connectivity index (χ4n) is 3.67. The summed E-state index contributed by atoms with van der Waals surface area (Å²) in [5.74, 6) is -2.60. The van der Waals surface area contributed by atoms with E-state index in [1.54, 1.807) is 24.3 Å². The number of hydrogen-bond acceptors (Lipinski definition) is 3. The number of allylic oxidation sites excluding steroid dienone is 2. The molecule has 3 N–H and O–H groups in total. The summed E-state index contributed by atoms with van der Waals surface area (Å²) in [7, 11) is 0. The lowest BCUT2D eigenvalue weighted by Crippen LogP contribution is -2.36. The Morgan fingerprint density at radius 2 is 1.48 bits per heavy atom. The van der Waals surface area contributed by atoms with Crippen LogP contribution in [0, 0.1) is 29.6 Å². The molecule has 2 aliphatic rings. The molecule has 0 saturated heterocycles. The molecule has 0 spiro atoms. The summed E-state index contributed by atoms with van der Waals surface area (Å²) in [6.07, 6.45) is 4.60. The smallest absolute Gasteiger partial charge is 0.307 e. The highest BCUT2D eigenvalue weighted by molar-refractivity contribution is 5.97. The van der Waals surface area contributed by atoms with E-state index in [0.29, 0.717) is 11.4 Å². The normalized spacial score (nSPS) is 26.7. The van der Waals surface area contributed by atoms with Gasteiger partial charge in [-0.3, -0.25) is 14.4 Å². The number of hydrogen-bond donors (Lipinski definition) is 3. The van der Waals surface area contributed by atoms with Gasteiger partial charge in [0.25, 0.3) is 0 Å². The van der Waals surface area contributed by atoms with Crippen LogP contribution in [0.2, 0.25) is 0 Å². The number of fused-ring (bicyclic) bond motifs is 2. The molecule has 6 heteroatoms. The van der Waals surface area contributed by atoms with Crippen molar-refractivity contribution in [1.29, 1.82) is 0 Å². The average Bonchev–Trinajstić information content (AvgIpc) is 3.17. The van der Waals surface area contributed by atoms with E-state index in [9.17, 15) is 19.5 Å². The van der Waals surface area contributed by atoms with Crippen LogP contribution in [0.5, 0.6) is 0 Å². The second-order valence-electron chi connectivity index (χ2n) is 7.05. The number of carbonyl (C=O) groups is 3. The first-order chi connectivity index (χ1) is 11.9. The van der Waals surface area contributed by atoms with Gasteiger partial charge in [-0.05, 0) is 42.5 Å². The Bertz CT molecular complexity index is 723. The van der Waals surface area contributed by atoms with Gasteiger partial charge in [-0.2, -0.15) is 0 Å². The molecule has 0 aromatic heterocycles. The van der Waals surface area contributed by atoms with Crippen molar-refractivity contribution in [3.8, 4) is 0 Å². The molecule has 0 aliphatic heterocycles. The van der Waals surface area contributed by atoms with Crippen molar-refractivity contribution in [2.45, 2.75) is 20.3 Å². The zero-order chi connectivity index (χ0) is 18.1. The topological polar surface area (TPSA) is 95.5 Å². The van der Waals surface area contributed by atoms with Crippen LogP contribution in [-0.2, 0) is 14.4 Å². The number of benzene rings is 1. The summed E-state index contributed by atoms with van der Waals surface area (Å²) in [5.41, 5.74) is 1.24. The van der Waals surface area contributed by atoms with Gasteiger partial charge in [-0.15, -0.1) is 0 Å². The molecule has 132 valence electrons. The van der Waals surface area contributed by atoms with Gasteiger partial charge in [0.15, 0.2) is 0 Å². The van der Waals surface area contributed by atoms with Gasteiger partial charge in [-0.1, -0.05) is 26.0 Å². The summed E-state index contributed by atoms with van der Waals surface area (Å²) >= 11 is 0. The summed E-state index contributed by atoms with van der Waals surface area (Å²) < 4.78 is 0. The zero-order valence-electron chi connectivity index (χ0n) is 14.2. The molecule has 4 atom stereocenters. The highest BCUT2D eigenvalue weighted by atomic mass is 16.4. The van der Waals surface area contributed by atoms with Crippen molar-refractivity contribution in [3.05, 3.63) is 36.4 Å². The minimum Gasteiger partial charge on any atom is -0.481 e. The molecule has 2 bridgehead atoms. The molecular weight excluding hydrogens is 320 g/mol. The second kappa shape index (κ2) is 6.70. The summed E-state index contributed by atoms with van der Waals surface area (Å²) in [6.45, 7) is 3.62. The third kappa shape index (κ3) is 3.43. The standard InChI is InChI=1S/C19H22N2O4/c1-10(2)17(22)20-13-5-7-14(8-6-13)21-18(23)15-11-3-4-12(9-11)16(15)19(24)25/h3-8,10-12,15-16H,9H2,1-2H3,(H,20,22)(H,21,23)(H,24,25)/t11-,12-,15-,16+/m0/s1. The zero-order valence-corrected chi connectivity index (χ0v) is 14.2. The molecule has 25 heavy (non-hydrogen) atoms. The minimum absolute atomic E-state index is 0.00398. The number of rotatable bonds is 5. The monoisotopic (exact) mass is 342 g/mol. The molecular formula is C19H22N2O4. The number of carboxylic acids is 1. The van der Waals surface area contributed by atoms with Crippen molar-refractivity contribution in [2.75, 3.05) is 10.6 Å². The molecule has 1 saturated carbocycles. The van der Waals surface area contributed by atoms with E-state index in [2.05, 4.69) is 10.6 Å². The molecule has 2 amide bonds. The van der Waals surface area contributed by atoms with Crippen molar-refractivity contribution in [2.24, 2.45) is 29.6 Å². The van der Waals surface area contributed by atoms with E-state index in [-0.39, 0.29) is 29.6 Å². The predicted octanol–water partition coefficient (Wildman–Crippen LogP) is 2.74. The average molecular weight is 342 g/mol. The third-order valence-corrected chi connectivity index (χ3v) is 4.99. The van der Waals surface area contributed by atoms with Crippen LogP contribution in [0.4, 0.5) is 11.4 Å². The maximum Gasteiger partial charge on any atom is 0.307 e. The molecule has 0 radical (unpaired) electrons. The quantitative estimate of drug-likeness (QED) is 0.717. The van der Waals surface area contributed by atoms with Crippen molar-refractivity contribution in [3.63, 3.8) is 0 Å². The first-order valence-corrected chi connectivity index (χ1v) is 8.49. The van der Waals surface area contributed by atoms with E-state index in [1.165, 1.54) is 0 Å². The molecule has 2 aliphatic carbocycles. The van der Waals surface area contributed by atoms with Crippen LogP contribution in [-0.4, -0.2) is 22.9 Å². The van der Waals surface area contributed by atoms with Crippen LogP contribution >= 0.6 is 0 Å². The summed E-state index contributed by atoms with van der Waals surface area (Å²) in [6, 6.07) is 6.83. The number of amides is 2. The lowest BCUT2D eigenvalue weighted by Gasteiger charge is -2.23. The van der Waals surface area contributed by atoms with E-state index >= 15 is 0 Å². The van der Waals surface area contributed by atoms with E-state index in [1.807, 2.05) is 26.0 Å². The third-order valence-electron chi connectivity index (χ3n) is 4.99. The first-order valence-electron chi connectivity index (χ1n) is 8.49. The van der Waals surface area contributed by atoms with Crippen molar-refractivity contribution in [1.82, 2.24) is 0 Å². The SMILES string of the molecule is CC(C)C(=O)Nc1ccc(NC(=O)[C@@H]2[C@H](C(=O)O)[C@H]3C=C[C@H]2C3)cc1. The number of carboxylic acid groups (broad SMARTS) is 1. The Hall–Kier alpha value is -2.63. The molecule has 1 aromatic carbocycles. The van der Waals surface area contributed by atoms with Crippen molar-refractivity contribution < 1.29 is 19.5 Å². The van der Waals surface area contributed by atoms with Crippen LogP contribution < -0.4 is 10.6 Å². The fraction of sp³-hybridized carbons (Fsp3) is 0.421. The molecule has 0 unspecified atom stereocenters. The van der Waals surface area contributed by atoms with Gasteiger partial charge in [0.2, 0.25) is 11.8 Å². The van der Waals surface area contributed by atoms with Gasteiger partial charge in [-0.25, -0.2) is 0 Å². The summed E-state index contributed by atoms with van der Waals surface area (Å²) in [5, 5.41) is 15.0. The second-order valence-corrected chi connectivity index (χ2v) is 7.05. The largest absolute Gasteiger partial charge is 0.481 e.